The van der Waals surface area contributed by atoms with E-state index in [0.717, 1.165) is 4.47 Å². The van der Waals surface area contributed by atoms with Crippen LogP contribution in [0, 0.1) is 5.41 Å². The largest absolute Gasteiger partial charge is 0.265 e. The van der Waals surface area contributed by atoms with Crippen LogP contribution < -0.4 is 0 Å². The second kappa shape index (κ2) is 2.38. The van der Waals surface area contributed by atoms with Crippen molar-refractivity contribution in [2.75, 3.05) is 0 Å². The molecule has 3 fully saturated rings. The van der Waals surface area contributed by atoms with Crippen LogP contribution in [0.1, 0.15) is 19.3 Å². The molecule has 1 aromatic rings. The zero-order valence-corrected chi connectivity index (χ0v) is 8.97. The molecule has 3 aliphatic rings. The Kier molecular flexibility index (Phi) is 1.50. The highest BCUT2D eigenvalue weighted by Crippen LogP contribution is 2.73. The van der Waals surface area contributed by atoms with E-state index in [1.165, 1.54) is 0 Å². The van der Waals surface area contributed by atoms with Crippen molar-refractivity contribution in [1.82, 2.24) is 9.78 Å². The zero-order chi connectivity index (χ0) is 9.97. The summed E-state index contributed by atoms with van der Waals surface area (Å²) in [5, 5.41) is 4.16. The van der Waals surface area contributed by atoms with Crippen LogP contribution in [0.25, 0.3) is 0 Å². The van der Waals surface area contributed by atoms with E-state index >= 15 is 0 Å². The normalized spacial score (nSPS) is 39.4. The van der Waals surface area contributed by atoms with Gasteiger partial charge < -0.3 is 0 Å². The molecular weight excluding hydrogens is 254 g/mol. The SMILES string of the molecule is FC(F)C12CC(n3cc(Br)cn3)(C1)C2. The van der Waals surface area contributed by atoms with Crippen molar-refractivity contribution in [1.29, 1.82) is 0 Å². The van der Waals surface area contributed by atoms with Crippen molar-refractivity contribution in [3.05, 3.63) is 16.9 Å². The van der Waals surface area contributed by atoms with E-state index < -0.39 is 11.8 Å². The first-order chi connectivity index (χ1) is 6.56. The monoisotopic (exact) mass is 262 g/mol. The van der Waals surface area contributed by atoms with Crippen molar-refractivity contribution in [3.8, 4) is 0 Å². The highest BCUT2D eigenvalue weighted by Gasteiger charge is 2.73. The number of alkyl halides is 2. The fourth-order valence-corrected chi connectivity index (χ4v) is 3.13. The molecule has 1 heterocycles. The van der Waals surface area contributed by atoms with E-state index in [9.17, 15) is 8.78 Å². The number of aromatic nitrogens is 2. The summed E-state index contributed by atoms with van der Waals surface area (Å²) in [7, 11) is 0. The van der Waals surface area contributed by atoms with Crippen LogP contribution in [0.3, 0.4) is 0 Å². The van der Waals surface area contributed by atoms with Gasteiger partial charge in [0.05, 0.1) is 16.2 Å². The fourth-order valence-electron chi connectivity index (χ4n) is 2.85. The fraction of sp³-hybridized carbons (Fsp3) is 0.667. The first-order valence-corrected chi connectivity index (χ1v) is 5.35. The Balaban J connectivity index is 1.81. The van der Waals surface area contributed by atoms with Gasteiger partial charge in [-0.2, -0.15) is 5.10 Å². The quantitative estimate of drug-likeness (QED) is 0.802. The molecule has 14 heavy (non-hydrogen) atoms. The van der Waals surface area contributed by atoms with Gasteiger partial charge in [-0.05, 0) is 35.2 Å². The predicted octanol–water partition coefficient (Wildman–Crippen LogP) is 2.79. The summed E-state index contributed by atoms with van der Waals surface area (Å²) in [6, 6.07) is 0. The molecule has 0 spiro atoms. The third-order valence-electron chi connectivity index (χ3n) is 3.54. The summed E-state index contributed by atoms with van der Waals surface area (Å²) >= 11 is 3.31. The molecule has 0 N–H and O–H groups in total. The predicted molar refractivity (Wildman–Crippen MR) is 50.2 cm³/mol. The zero-order valence-electron chi connectivity index (χ0n) is 7.38. The molecule has 0 amide bonds. The lowest BCUT2D eigenvalue weighted by atomic mass is 9.39. The Bertz CT molecular complexity index is 368. The molecule has 5 heteroatoms. The highest BCUT2D eigenvalue weighted by molar-refractivity contribution is 9.10. The van der Waals surface area contributed by atoms with Gasteiger partial charge in [-0.25, -0.2) is 8.78 Å². The van der Waals surface area contributed by atoms with Crippen LogP contribution in [0.2, 0.25) is 0 Å². The number of halogens is 3. The van der Waals surface area contributed by atoms with E-state index in [0.29, 0.717) is 19.3 Å². The van der Waals surface area contributed by atoms with Crippen LogP contribution in [-0.2, 0) is 5.54 Å². The Morgan fingerprint density at radius 3 is 2.50 bits per heavy atom. The number of nitrogens with zero attached hydrogens (tertiary/aromatic N) is 2. The van der Waals surface area contributed by atoms with Gasteiger partial charge >= 0.3 is 0 Å². The van der Waals surface area contributed by atoms with Crippen LogP contribution >= 0.6 is 15.9 Å². The Morgan fingerprint density at radius 2 is 2.07 bits per heavy atom. The second-order valence-electron chi connectivity index (χ2n) is 4.52. The molecule has 2 bridgehead atoms. The van der Waals surface area contributed by atoms with E-state index in [1.807, 2.05) is 10.9 Å². The molecule has 3 aliphatic carbocycles. The lowest BCUT2D eigenvalue weighted by Crippen LogP contribution is -2.70. The minimum atomic E-state index is -2.16. The second-order valence-corrected chi connectivity index (χ2v) is 5.44. The van der Waals surface area contributed by atoms with Crippen LogP contribution in [0.5, 0.6) is 0 Å². The van der Waals surface area contributed by atoms with Crippen molar-refractivity contribution in [2.45, 2.75) is 31.2 Å². The third-order valence-corrected chi connectivity index (χ3v) is 3.95. The first-order valence-electron chi connectivity index (χ1n) is 4.55. The highest BCUT2D eigenvalue weighted by atomic mass is 79.9. The summed E-state index contributed by atoms with van der Waals surface area (Å²) in [6.07, 6.45) is 3.18. The van der Waals surface area contributed by atoms with Gasteiger partial charge in [0.15, 0.2) is 0 Å². The number of hydrogen-bond donors (Lipinski definition) is 0. The molecule has 0 radical (unpaired) electrons. The van der Waals surface area contributed by atoms with E-state index in [-0.39, 0.29) is 5.54 Å². The van der Waals surface area contributed by atoms with E-state index in [2.05, 4.69) is 21.0 Å². The lowest BCUT2D eigenvalue weighted by Gasteiger charge is -2.69. The molecule has 4 rings (SSSR count). The van der Waals surface area contributed by atoms with Gasteiger partial charge in [-0.1, -0.05) is 0 Å². The summed E-state index contributed by atoms with van der Waals surface area (Å²) in [5.74, 6) is 0. The van der Waals surface area contributed by atoms with Gasteiger partial charge in [0.2, 0.25) is 6.43 Å². The number of rotatable bonds is 2. The molecular formula is C9H9BrF2N2. The van der Waals surface area contributed by atoms with Gasteiger partial charge in [0.25, 0.3) is 0 Å². The maximum Gasteiger partial charge on any atom is 0.244 e. The third kappa shape index (κ3) is 0.865. The molecule has 0 aromatic carbocycles. The smallest absolute Gasteiger partial charge is 0.244 e. The minimum Gasteiger partial charge on any atom is -0.265 e. The van der Waals surface area contributed by atoms with Gasteiger partial charge in [-0.15, -0.1) is 0 Å². The van der Waals surface area contributed by atoms with Gasteiger partial charge in [0.1, 0.15) is 0 Å². The summed E-state index contributed by atoms with van der Waals surface area (Å²) in [5.41, 5.74) is -0.749. The maximum absolute atomic E-state index is 12.6. The molecule has 0 unspecified atom stereocenters. The van der Waals surface area contributed by atoms with Crippen molar-refractivity contribution in [2.24, 2.45) is 5.41 Å². The Hall–Kier alpha value is -0.450. The topological polar surface area (TPSA) is 17.8 Å². The minimum absolute atomic E-state index is 0.0809. The summed E-state index contributed by atoms with van der Waals surface area (Å²) in [4.78, 5) is 0. The van der Waals surface area contributed by atoms with E-state index in [1.54, 1.807) is 6.20 Å². The Morgan fingerprint density at radius 1 is 1.43 bits per heavy atom. The maximum atomic E-state index is 12.6. The van der Waals surface area contributed by atoms with Crippen molar-refractivity contribution < 1.29 is 8.78 Å². The molecule has 3 saturated carbocycles. The summed E-state index contributed by atoms with van der Waals surface area (Å²) in [6.45, 7) is 0. The van der Waals surface area contributed by atoms with Crippen LogP contribution in [-0.4, -0.2) is 16.2 Å². The van der Waals surface area contributed by atoms with Crippen LogP contribution in [0.4, 0.5) is 8.78 Å². The number of hydrogen-bond acceptors (Lipinski definition) is 1. The molecule has 1 aromatic heterocycles. The molecule has 0 atom stereocenters. The summed E-state index contributed by atoms with van der Waals surface area (Å²) < 4.78 is 27.9. The molecule has 2 nitrogen and oxygen atoms in total. The first kappa shape index (κ1) is 8.83. The van der Waals surface area contributed by atoms with Gasteiger partial charge in [0, 0.05) is 11.6 Å². The molecule has 0 saturated heterocycles. The molecule has 76 valence electrons. The van der Waals surface area contributed by atoms with E-state index in [4.69, 9.17) is 0 Å². The van der Waals surface area contributed by atoms with Crippen molar-refractivity contribution >= 4 is 15.9 Å². The Labute approximate surface area is 88.4 Å². The molecule has 0 aliphatic heterocycles. The van der Waals surface area contributed by atoms with Gasteiger partial charge in [-0.3, -0.25) is 4.68 Å². The van der Waals surface area contributed by atoms with Crippen molar-refractivity contribution in [3.63, 3.8) is 0 Å². The average molecular weight is 263 g/mol. The lowest BCUT2D eigenvalue weighted by molar-refractivity contribution is -0.257. The average Bonchev–Trinajstić information content (AvgIpc) is 2.28. The van der Waals surface area contributed by atoms with Crippen LogP contribution in [0.15, 0.2) is 16.9 Å². The standard InChI is InChI=1S/C9H9BrF2N2/c10-6-1-13-14(2-6)9-3-8(4-9,5-9)7(11)12/h1-2,7H,3-5H2.